The van der Waals surface area contributed by atoms with Gasteiger partial charge in [0.15, 0.2) is 11.6 Å². The molecule has 0 bridgehead atoms. The van der Waals surface area contributed by atoms with Gasteiger partial charge in [0.25, 0.3) is 0 Å². The zero-order chi connectivity index (χ0) is 13.9. The van der Waals surface area contributed by atoms with Gasteiger partial charge in [-0.25, -0.2) is 17.2 Å². The topological polar surface area (TPSA) is 63.4 Å². The van der Waals surface area contributed by atoms with Crippen LogP contribution in [0.5, 0.6) is 0 Å². The van der Waals surface area contributed by atoms with E-state index in [1.54, 1.807) is 13.8 Å². The molecule has 102 valence electrons. The summed E-state index contributed by atoms with van der Waals surface area (Å²) in [5.74, 6) is -2.65. The van der Waals surface area contributed by atoms with Gasteiger partial charge < -0.3 is 5.73 Å². The Bertz CT molecular complexity index is 532. The SMILES string of the molecule is CCCN(CC)S(=O)(=O)c1cc(N)cc(F)c1F. The molecular weight excluding hydrogens is 262 g/mol. The van der Waals surface area contributed by atoms with Gasteiger partial charge >= 0.3 is 0 Å². The van der Waals surface area contributed by atoms with Gasteiger partial charge in [0.2, 0.25) is 10.0 Å². The molecule has 0 saturated heterocycles. The number of rotatable bonds is 5. The molecule has 0 aliphatic rings. The summed E-state index contributed by atoms with van der Waals surface area (Å²) in [5.41, 5.74) is 5.23. The minimum absolute atomic E-state index is 0.125. The molecule has 0 atom stereocenters. The van der Waals surface area contributed by atoms with Gasteiger partial charge in [-0.05, 0) is 18.6 Å². The van der Waals surface area contributed by atoms with Crippen molar-refractivity contribution >= 4 is 15.7 Å². The molecule has 0 radical (unpaired) electrons. The van der Waals surface area contributed by atoms with Crippen LogP contribution in [0.1, 0.15) is 20.3 Å². The third-order valence-corrected chi connectivity index (χ3v) is 4.43. The van der Waals surface area contributed by atoms with Gasteiger partial charge in [-0.1, -0.05) is 13.8 Å². The molecule has 2 N–H and O–H groups in total. The third kappa shape index (κ3) is 2.78. The lowest BCUT2D eigenvalue weighted by Gasteiger charge is -2.20. The van der Waals surface area contributed by atoms with Crippen molar-refractivity contribution in [3.8, 4) is 0 Å². The van der Waals surface area contributed by atoms with Crippen molar-refractivity contribution in [2.45, 2.75) is 25.2 Å². The van der Waals surface area contributed by atoms with E-state index in [2.05, 4.69) is 0 Å². The number of benzene rings is 1. The van der Waals surface area contributed by atoms with E-state index >= 15 is 0 Å². The van der Waals surface area contributed by atoms with Crippen molar-refractivity contribution in [3.05, 3.63) is 23.8 Å². The fourth-order valence-electron chi connectivity index (χ4n) is 1.61. The van der Waals surface area contributed by atoms with Gasteiger partial charge in [0.1, 0.15) is 4.90 Å². The van der Waals surface area contributed by atoms with E-state index < -0.39 is 26.6 Å². The summed E-state index contributed by atoms with van der Waals surface area (Å²) in [5, 5.41) is 0. The van der Waals surface area contributed by atoms with Gasteiger partial charge in [-0.15, -0.1) is 0 Å². The third-order valence-electron chi connectivity index (χ3n) is 2.46. The van der Waals surface area contributed by atoms with E-state index in [0.717, 1.165) is 16.4 Å². The van der Waals surface area contributed by atoms with Crippen molar-refractivity contribution in [3.63, 3.8) is 0 Å². The maximum absolute atomic E-state index is 13.6. The van der Waals surface area contributed by atoms with Gasteiger partial charge in [-0.2, -0.15) is 4.31 Å². The molecular formula is C11H16F2N2O2S. The van der Waals surface area contributed by atoms with Crippen molar-refractivity contribution in [2.75, 3.05) is 18.8 Å². The summed E-state index contributed by atoms with van der Waals surface area (Å²) in [7, 11) is -4.05. The summed E-state index contributed by atoms with van der Waals surface area (Å²) in [4.78, 5) is -0.713. The molecule has 4 nitrogen and oxygen atoms in total. The first kappa shape index (κ1) is 14.8. The van der Waals surface area contributed by atoms with Crippen LogP contribution in [-0.4, -0.2) is 25.8 Å². The van der Waals surface area contributed by atoms with Crippen LogP contribution in [0, 0.1) is 11.6 Å². The highest BCUT2D eigenvalue weighted by molar-refractivity contribution is 7.89. The van der Waals surface area contributed by atoms with Crippen LogP contribution in [0.4, 0.5) is 14.5 Å². The Morgan fingerprint density at radius 1 is 1.28 bits per heavy atom. The van der Waals surface area contributed by atoms with Crippen molar-refractivity contribution in [1.82, 2.24) is 4.31 Å². The van der Waals surface area contributed by atoms with Crippen molar-refractivity contribution in [1.29, 1.82) is 0 Å². The molecule has 7 heteroatoms. The Morgan fingerprint density at radius 2 is 1.89 bits per heavy atom. The van der Waals surface area contributed by atoms with E-state index in [1.165, 1.54) is 0 Å². The number of hydrogen-bond acceptors (Lipinski definition) is 3. The number of hydrogen-bond donors (Lipinski definition) is 1. The number of nitrogen functional groups attached to an aromatic ring is 1. The zero-order valence-electron chi connectivity index (χ0n) is 10.3. The summed E-state index contributed by atoms with van der Waals surface area (Å²) < 4.78 is 52.1. The number of nitrogens with zero attached hydrogens (tertiary/aromatic N) is 1. The molecule has 1 aromatic carbocycles. The monoisotopic (exact) mass is 278 g/mol. The Labute approximate surface area is 105 Å². The number of sulfonamides is 1. The summed E-state index contributed by atoms with van der Waals surface area (Å²) >= 11 is 0. The van der Waals surface area contributed by atoms with Gasteiger partial charge in [-0.3, -0.25) is 0 Å². The number of anilines is 1. The predicted octanol–water partition coefficient (Wildman–Crippen LogP) is 1.97. The van der Waals surface area contributed by atoms with E-state index in [4.69, 9.17) is 5.73 Å². The summed E-state index contributed by atoms with van der Waals surface area (Å²) in [6.45, 7) is 3.86. The summed E-state index contributed by atoms with van der Waals surface area (Å²) in [6.07, 6.45) is 0.583. The van der Waals surface area contributed by atoms with E-state index in [9.17, 15) is 17.2 Å². The fourth-order valence-corrected chi connectivity index (χ4v) is 3.26. The Kier molecular flexibility index (Phi) is 4.64. The molecule has 0 amide bonds. The molecule has 0 fully saturated rings. The van der Waals surface area contributed by atoms with Crippen LogP contribution >= 0.6 is 0 Å². The van der Waals surface area contributed by atoms with Crippen molar-refractivity contribution < 1.29 is 17.2 Å². The Hall–Kier alpha value is -1.21. The minimum atomic E-state index is -4.05. The molecule has 1 rings (SSSR count). The molecule has 0 heterocycles. The van der Waals surface area contributed by atoms with Crippen LogP contribution in [0.3, 0.4) is 0 Å². The average Bonchev–Trinajstić information content (AvgIpc) is 2.30. The second-order valence-corrected chi connectivity index (χ2v) is 5.72. The second kappa shape index (κ2) is 5.62. The first-order chi connectivity index (χ1) is 8.34. The first-order valence-corrected chi connectivity index (χ1v) is 7.03. The van der Waals surface area contributed by atoms with Crippen LogP contribution in [-0.2, 0) is 10.0 Å². The van der Waals surface area contributed by atoms with E-state index in [-0.39, 0.29) is 18.8 Å². The molecule has 0 aromatic heterocycles. The van der Waals surface area contributed by atoms with E-state index in [1.807, 2.05) is 0 Å². The van der Waals surface area contributed by atoms with Gasteiger partial charge in [0, 0.05) is 18.8 Å². The second-order valence-electron chi connectivity index (χ2n) is 3.81. The lowest BCUT2D eigenvalue weighted by Crippen LogP contribution is -2.32. The predicted molar refractivity (Wildman–Crippen MR) is 65.5 cm³/mol. The highest BCUT2D eigenvalue weighted by Crippen LogP contribution is 2.24. The summed E-state index contributed by atoms with van der Waals surface area (Å²) in [6, 6.07) is 1.69. The lowest BCUT2D eigenvalue weighted by molar-refractivity contribution is 0.418. The molecule has 0 aliphatic heterocycles. The fraction of sp³-hybridized carbons (Fsp3) is 0.455. The van der Waals surface area contributed by atoms with Gasteiger partial charge in [0.05, 0.1) is 0 Å². The normalized spacial score (nSPS) is 12.1. The molecule has 0 unspecified atom stereocenters. The smallest absolute Gasteiger partial charge is 0.246 e. The Morgan fingerprint density at radius 3 is 2.39 bits per heavy atom. The first-order valence-electron chi connectivity index (χ1n) is 5.59. The molecule has 0 aliphatic carbocycles. The van der Waals surface area contributed by atoms with Crippen molar-refractivity contribution in [2.24, 2.45) is 0 Å². The van der Waals surface area contributed by atoms with E-state index in [0.29, 0.717) is 6.42 Å². The minimum Gasteiger partial charge on any atom is -0.399 e. The largest absolute Gasteiger partial charge is 0.399 e. The molecule has 18 heavy (non-hydrogen) atoms. The van der Waals surface area contributed by atoms with Crippen LogP contribution in [0.25, 0.3) is 0 Å². The number of nitrogens with two attached hydrogens (primary N) is 1. The van der Waals surface area contributed by atoms with Crippen LogP contribution in [0.2, 0.25) is 0 Å². The zero-order valence-corrected chi connectivity index (χ0v) is 11.1. The number of halogens is 2. The maximum Gasteiger partial charge on any atom is 0.246 e. The molecule has 1 aromatic rings. The Balaban J connectivity index is 3.36. The molecule has 0 spiro atoms. The molecule has 0 saturated carbocycles. The standard InChI is InChI=1S/C11H16F2N2O2S/c1-3-5-15(4-2)18(16,17)10-7-8(14)6-9(12)11(10)13/h6-7H,3-5,14H2,1-2H3. The quantitative estimate of drug-likeness (QED) is 0.837. The maximum atomic E-state index is 13.6. The lowest BCUT2D eigenvalue weighted by atomic mass is 10.3. The van der Waals surface area contributed by atoms with Crippen LogP contribution in [0.15, 0.2) is 17.0 Å². The average molecular weight is 278 g/mol. The van der Waals surface area contributed by atoms with Crippen LogP contribution < -0.4 is 5.73 Å². The highest BCUT2D eigenvalue weighted by Gasteiger charge is 2.27. The highest BCUT2D eigenvalue weighted by atomic mass is 32.2.